The maximum absolute atomic E-state index is 6.21. The second kappa shape index (κ2) is 21.7. The van der Waals surface area contributed by atoms with Crippen molar-refractivity contribution in [2.75, 3.05) is 26.4 Å². The first kappa shape index (κ1) is 48.1. The fourth-order valence-corrected chi connectivity index (χ4v) is 9.20. The zero-order chi connectivity index (χ0) is 47.6. The summed E-state index contributed by atoms with van der Waals surface area (Å²) in [5, 5.41) is 0.879. The molecule has 0 atom stereocenters. The predicted molar refractivity (Wildman–Crippen MR) is 280 cm³/mol. The van der Waals surface area contributed by atoms with Crippen LogP contribution >= 0.6 is 15.9 Å². The molecule has 0 aliphatic heterocycles. The van der Waals surface area contributed by atoms with Crippen molar-refractivity contribution in [1.29, 1.82) is 0 Å². The lowest BCUT2D eigenvalue weighted by atomic mass is 9.64. The number of pyridine rings is 2. The molecule has 0 amide bonds. The number of aromatic nitrogens is 2. The normalized spacial score (nSPS) is 11.9. The summed E-state index contributed by atoms with van der Waals surface area (Å²) in [6, 6.07) is 63.7. The Hall–Kier alpha value is -6.34. The van der Waals surface area contributed by atoms with Gasteiger partial charge in [0.05, 0.1) is 18.6 Å². The Bertz CT molecular complexity index is 2740. The number of hydrogen-bond acceptors (Lipinski definition) is 3. The summed E-state index contributed by atoms with van der Waals surface area (Å²) >= 11 is 3.52. The van der Waals surface area contributed by atoms with Gasteiger partial charge in [0, 0.05) is 40.7 Å². The quantitative estimate of drug-likeness (QED) is 0.0372. The standard InChI is InChI=1S/C62H65BrN2O3/c1-60(2,3)52-18-22-55(23-19-52)62(54-10-8-7-9-11-54,56-24-20-53(21-25-56)61(4,5)6)57-26-30-59(31-27-57)68-43-41-66-40-42-67-58-28-16-49(17-29-58)46-65-38-34-51(35-39-65)50-32-36-64(37-33-50)45-48-14-12-47(44-63)13-15-48/h7-39H,40-46H2,1-6H3/q+2. The molecule has 0 spiro atoms. The van der Waals surface area contributed by atoms with E-state index in [9.17, 15) is 0 Å². The van der Waals surface area contributed by atoms with Gasteiger partial charge in [0.15, 0.2) is 37.9 Å². The van der Waals surface area contributed by atoms with E-state index in [2.05, 4.69) is 255 Å². The molecule has 0 bridgehead atoms. The Morgan fingerprint density at radius 1 is 0.368 bits per heavy atom. The topological polar surface area (TPSA) is 35.5 Å². The highest BCUT2D eigenvalue weighted by atomic mass is 79.9. The van der Waals surface area contributed by atoms with Gasteiger partial charge in [-0.05, 0) is 97.3 Å². The summed E-state index contributed by atoms with van der Waals surface area (Å²) in [6.45, 7) is 17.1. The molecule has 6 aromatic carbocycles. The molecule has 2 aromatic heterocycles. The zero-order valence-electron chi connectivity index (χ0n) is 40.5. The number of rotatable bonds is 18. The molecule has 68 heavy (non-hydrogen) atoms. The summed E-state index contributed by atoms with van der Waals surface area (Å²) in [5.74, 6) is 1.64. The largest absolute Gasteiger partial charge is 0.491 e. The first-order chi connectivity index (χ1) is 32.9. The molecule has 5 nitrogen and oxygen atoms in total. The van der Waals surface area contributed by atoms with Crippen molar-refractivity contribution in [2.24, 2.45) is 0 Å². The lowest BCUT2D eigenvalue weighted by molar-refractivity contribution is -0.688. The molecule has 0 aliphatic rings. The van der Waals surface area contributed by atoms with Gasteiger partial charge in [0.25, 0.3) is 0 Å². The third-order valence-corrected chi connectivity index (χ3v) is 13.4. The number of alkyl halides is 1. The van der Waals surface area contributed by atoms with Crippen LogP contribution in [0.25, 0.3) is 11.1 Å². The van der Waals surface area contributed by atoms with Crippen molar-refractivity contribution >= 4 is 15.9 Å². The van der Waals surface area contributed by atoms with E-state index in [-0.39, 0.29) is 10.8 Å². The molecule has 0 fully saturated rings. The fraction of sp³-hybridized carbons (Fsp3) is 0.258. The van der Waals surface area contributed by atoms with E-state index in [0.717, 1.165) is 29.9 Å². The van der Waals surface area contributed by atoms with E-state index in [4.69, 9.17) is 14.2 Å². The summed E-state index contributed by atoms with van der Waals surface area (Å²) in [4.78, 5) is 0. The number of benzene rings is 6. The van der Waals surface area contributed by atoms with Crippen molar-refractivity contribution in [3.05, 3.63) is 251 Å². The van der Waals surface area contributed by atoms with Gasteiger partial charge in [-0.1, -0.05) is 173 Å². The summed E-state index contributed by atoms with van der Waals surface area (Å²) in [6.07, 6.45) is 8.58. The summed E-state index contributed by atoms with van der Waals surface area (Å²) < 4.78 is 22.6. The van der Waals surface area contributed by atoms with Crippen LogP contribution in [-0.2, 0) is 39.4 Å². The van der Waals surface area contributed by atoms with Crippen LogP contribution in [0.3, 0.4) is 0 Å². The maximum atomic E-state index is 6.21. The Labute approximate surface area is 413 Å². The number of hydrogen-bond donors (Lipinski definition) is 0. The maximum Gasteiger partial charge on any atom is 0.173 e. The molecule has 346 valence electrons. The third kappa shape index (κ3) is 11.8. The van der Waals surface area contributed by atoms with Gasteiger partial charge in [-0.2, -0.15) is 0 Å². The first-order valence-corrected chi connectivity index (χ1v) is 24.9. The zero-order valence-corrected chi connectivity index (χ0v) is 42.1. The average Bonchev–Trinajstić information content (AvgIpc) is 3.36. The number of ether oxygens (including phenoxy) is 3. The second-order valence-corrected chi connectivity index (χ2v) is 20.3. The van der Waals surface area contributed by atoms with Crippen molar-refractivity contribution in [3.8, 4) is 22.6 Å². The molecule has 0 N–H and O–H groups in total. The van der Waals surface area contributed by atoms with Gasteiger partial charge in [0.2, 0.25) is 0 Å². The monoisotopic (exact) mass is 964 g/mol. The summed E-state index contributed by atoms with van der Waals surface area (Å²) in [7, 11) is 0. The molecular weight excluding hydrogens is 901 g/mol. The lowest BCUT2D eigenvalue weighted by Gasteiger charge is -2.37. The van der Waals surface area contributed by atoms with E-state index in [1.54, 1.807) is 0 Å². The molecule has 0 saturated carbocycles. The minimum atomic E-state index is -0.544. The van der Waals surface area contributed by atoms with Crippen LogP contribution in [0.5, 0.6) is 11.5 Å². The lowest BCUT2D eigenvalue weighted by Crippen LogP contribution is -2.33. The smallest absolute Gasteiger partial charge is 0.173 e. The minimum absolute atomic E-state index is 0.0525. The summed E-state index contributed by atoms with van der Waals surface area (Å²) in [5.41, 5.74) is 13.2. The average molecular weight is 966 g/mol. The Morgan fingerprint density at radius 2 is 0.706 bits per heavy atom. The van der Waals surface area contributed by atoms with Gasteiger partial charge in [-0.3, -0.25) is 0 Å². The SMILES string of the molecule is CC(C)(C)c1ccc(C(c2ccccc2)(c2ccc(OCCOCCOc3ccc(C[n+]4ccc(-c5cc[n+](Cc6ccc(CBr)cc6)cc5)cc4)cc3)cc2)c2ccc(C(C)(C)C)cc2)cc1. The molecule has 6 heteroatoms. The van der Waals surface area contributed by atoms with Gasteiger partial charge >= 0.3 is 0 Å². The van der Waals surface area contributed by atoms with Crippen LogP contribution in [0, 0.1) is 0 Å². The van der Waals surface area contributed by atoms with Gasteiger partial charge in [0.1, 0.15) is 24.7 Å². The highest BCUT2D eigenvalue weighted by Gasteiger charge is 2.39. The predicted octanol–water partition coefficient (Wildman–Crippen LogP) is 13.4. The Morgan fingerprint density at radius 3 is 1.10 bits per heavy atom. The third-order valence-electron chi connectivity index (χ3n) is 12.8. The molecule has 0 unspecified atom stereocenters. The van der Waals surface area contributed by atoms with Crippen molar-refractivity contribution in [1.82, 2.24) is 0 Å². The van der Waals surface area contributed by atoms with Crippen molar-refractivity contribution < 1.29 is 23.3 Å². The fourth-order valence-electron chi connectivity index (χ4n) is 8.83. The van der Waals surface area contributed by atoms with Crippen molar-refractivity contribution in [2.45, 2.75) is 76.2 Å². The van der Waals surface area contributed by atoms with Crippen LogP contribution in [-0.4, -0.2) is 26.4 Å². The Kier molecular flexibility index (Phi) is 15.4. The molecule has 8 rings (SSSR count). The van der Waals surface area contributed by atoms with E-state index >= 15 is 0 Å². The number of nitrogens with zero attached hydrogens (tertiary/aromatic N) is 2. The molecule has 0 saturated heterocycles. The van der Waals surface area contributed by atoms with E-state index in [0.29, 0.717) is 26.4 Å². The van der Waals surface area contributed by atoms with E-state index in [1.807, 2.05) is 12.1 Å². The van der Waals surface area contributed by atoms with Crippen LogP contribution in [0.15, 0.2) is 201 Å². The van der Waals surface area contributed by atoms with Crippen LogP contribution in [0.2, 0.25) is 0 Å². The first-order valence-electron chi connectivity index (χ1n) is 23.8. The van der Waals surface area contributed by atoms with Crippen LogP contribution in [0.4, 0.5) is 0 Å². The molecule has 0 radical (unpaired) electrons. The van der Waals surface area contributed by atoms with Gasteiger partial charge < -0.3 is 14.2 Å². The van der Waals surface area contributed by atoms with Gasteiger partial charge in [-0.25, -0.2) is 9.13 Å². The molecule has 2 heterocycles. The molecular formula is C62H65BrN2O3+2. The minimum Gasteiger partial charge on any atom is -0.491 e. The number of halogens is 1. The van der Waals surface area contributed by atoms with E-state index < -0.39 is 5.41 Å². The second-order valence-electron chi connectivity index (χ2n) is 19.7. The van der Waals surface area contributed by atoms with Crippen molar-refractivity contribution in [3.63, 3.8) is 0 Å². The highest BCUT2D eigenvalue weighted by molar-refractivity contribution is 9.08. The van der Waals surface area contributed by atoms with Crippen LogP contribution < -0.4 is 18.6 Å². The molecule has 0 aliphatic carbocycles. The van der Waals surface area contributed by atoms with Gasteiger partial charge in [-0.15, -0.1) is 0 Å². The highest BCUT2D eigenvalue weighted by Crippen LogP contribution is 2.46. The van der Waals surface area contributed by atoms with E-state index in [1.165, 1.54) is 61.2 Å². The Balaban J connectivity index is 0.823. The molecule has 8 aromatic rings. The van der Waals surface area contributed by atoms with Crippen LogP contribution in [0.1, 0.15) is 91.6 Å².